The van der Waals surface area contributed by atoms with Gasteiger partial charge in [0, 0.05) is 18.1 Å². The van der Waals surface area contributed by atoms with E-state index in [4.69, 9.17) is 34.8 Å². The molecule has 11 heteroatoms. The summed E-state index contributed by atoms with van der Waals surface area (Å²) in [5, 5.41) is 3.82. The molecule has 0 bridgehead atoms. The van der Waals surface area contributed by atoms with Gasteiger partial charge >= 0.3 is 0 Å². The molecule has 1 N–H and O–H groups in total. The lowest BCUT2D eigenvalue weighted by Gasteiger charge is -2.33. The fraction of sp³-hybridized carbons (Fsp3) is 0.333. The van der Waals surface area contributed by atoms with Crippen molar-refractivity contribution in [2.75, 3.05) is 17.4 Å². The van der Waals surface area contributed by atoms with Gasteiger partial charge in [0.2, 0.25) is 11.8 Å². The second kappa shape index (κ2) is 14.9. The SMILES string of the molecule is CCCCNC(=O)[C@H](CC)N(Cc1ccc(Cl)cc1)C(=O)CN(c1ccc(Cl)c(Cl)c1)S(=O)(=O)c1ccc(C)cc1. The van der Waals surface area contributed by atoms with Crippen LogP contribution in [0.2, 0.25) is 15.1 Å². The second-order valence-electron chi connectivity index (χ2n) is 9.64. The number of carbonyl (C=O) groups excluding carboxylic acids is 2. The van der Waals surface area contributed by atoms with Crippen molar-refractivity contribution in [2.45, 2.75) is 57.5 Å². The van der Waals surface area contributed by atoms with Crippen molar-refractivity contribution in [1.29, 1.82) is 0 Å². The molecule has 0 fully saturated rings. The first kappa shape index (κ1) is 32.7. The molecular formula is C30H34Cl3N3O4S. The Morgan fingerprint density at radius 3 is 2.15 bits per heavy atom. The van der Waals surface area contributed by atoms with Crippen LogP contribution in [0.1, 0.15) is 44.2 Å². The number of nitrogens with zero attached hydrogens (tertiary/aromatic N) is 2. The molecule has 3 aromatic carbocycles. The maximum absolute atomic E-state index is 14.1. The molecule has 0 saturated carbocycles. The quantitative estimate of drug-likeness (QED) is 0.207. The van der Waals surface area contributed by atoms with E-state index in [0.29, 0.717) is 18.0 Å². The van der Waals surface area contributed by atoms with Crippen LogP contribution in [0.25, 0.3) is 0 Å². The predicted molar refractivity (Wildman–Crippen MR) is 166 cm³/mol. The van der Waals surface area contributed by atoms with Crippen molar-refractivity contribution in [1.82, 2.24) is 10.2 Å². The largest absolute Gasteiger partial charge is 0.354 e. The molecule has 0 unspecified atom stereocenters. The van der Waals surface area contributed by atoms with Crippen LogP contribution in [0, 0.1) is 6.92 Å². The average Bonchev–Trinajstić information content (AvgIpc) is 2.94. The number of halogens is 3. The zero-order valence-corrected chi connectivity index (χ0v) is 26.3. The summed E-state index contributed by atoms with van der Waals surface area (Å²) in [5.41, 5.74) is 1.79. The van der Waals surface area contributed by atoms with Gasteiger partial charge in [-0.05, 0) is 67.8 Å². The van der Waals surface area contributed by atoms with Gasteiger partial charge in [-0.3, -0.25) is 13.9 Å². The van der Waals surface area contributed by atoms with Gasteiger partial charge < -0.3 is 10.2 Å². The molecule has 0 aromatic heterocycles. The molecule has 41 heavy (non-hydrogen) atoms. The van der Waals surface area contributed by atoms with Crippen molar-refractivity contribution >= 4 is 62.3 Å². The van der Waals surface area contributed by atoms with Crippen molar-refractivity contribution in [3.05, 3.63) is 92.9 Å². The van der Waals surface area contributed by atoms with Crippen LogP contribution >= 0.6 is 34.8 Å². The van der Waals surface area contributed by atoms with E-state index in [-0.39, 0.29) is 33.1 Å². The Hall–Kier alpha value is -2.78. The lowest BCUT2D eigenvalue weighted by Crippen LogP contribution is -2.52. The Kier molecular flexibility index (Phi) is 11.9. The van der Waals surface area contributed by atoms with Crippen molar-refractivity contribution in [3.63, 3.8) is 0 Å². The van der Waals surface area contributed by atoms with Gasteiger partial charge in [0.15, 0.2) is 0 Å². The fourth-order valence-corrected chi connectivity index (χ4v) is 6.04. The summed E-state index contributed by atoms with van der Waals surface area (Å²) >= 11 is 18.4. The molecule has 0 aliphatic heterocycles. The summed E-state index contributed by atoms with van der Waals surface area (Å²) in [6.45, 7) is 5.67. The molecule has 0 heterocycles. The third-order valence-electron chi connectivity index (χ3n) is 6.56. The molecule has 220 valence electrons. The van der Waals surface area contributed by atoms with Gasteiger partial charge in [-0.25, -0.2) is 8.42 Å². The van der Waals surface area contributed by atoms with Crippen LogP contribution in [-0.4, -0.2) is 44.3 Å². The number of sulfonamides is 1. The summed E-state index contributed by atoms with van der Waals surface area (Å²) in [5.74, 6) is -0.857. The minimum Gasteiger partial charge on any atom is -0.354 e. The van der Waals surface area contributed by atoms with Gasteiger partial charge in [0.25, 0.3) is 10.0 Å². The summed E-state index contributed by atoms with van der Waals surface area (Å²) in [4.78, 5) is 28.7. The molecule has 0 saturated heterocycles. The number of nitrogens with one attached hydrogen (secondary N) is 1. The standard InChI is InChI=1S/C30H34Cl3N3O4S/c1-4-6-17-34-30(38)28(5-2)35(19-22-9-11-23(31)12-10-22)29(37)20-36(24-13-16-26(32)27(33)18-24)41(39,40)25-14-7-21(3)8-15-25/h7-16,18,28H,4-6,17,19-20H2,1-3H3,(H,34,38)/t28-/m0/s1. The van der Waals surface area contributed by atoms with E-state index in [0.717, 1.165) is 28.3 Å². The van der Waals surface area contributed by atoms with Gasteiger partial charge in [0.1, 0.15) is 12.6 Å². The normalized spacial score (nSPS) is 12.0. The number of aryl methyl sites for hydroxylation is 1. The Bertz CT molecular complexity index is 1450. The van der Waals surface area contributed by atoms with Crippen molar-refractivity contribution in [2.24, 2.45) is 0 Å². The summed E-state index contributed by atoms with van der Waals surface area (Å²) in [6.07, 6.45) is 2.03. The maximum Gasteiger partial charge on any atom is 0.264 e. The van der Waals surface area contributed by atoms with E-state index < -0.39 is 28.5 Å². The summed E-state index contributed by atoms with van der Waals surface area (Å²) < 4.78 is 28.9. The molecule has 3 rings (SSSR count). The van der Waals surface area contributed by atoms with Crippen LogP contribution in [-0.2, 0) is 26.2 Å². The van der Waals surface area contributed by atoms with E-state index >= 15 is 0 Å². The maximum atomic E-state index is 14.1. The minimum absolute atomic E-state index is 0.00979. The molecule has 0 radical (unpaired) electrons. The number of benzene rings is 3. The number of amides is 2. The van der Waals surface area contributed by atoms with Crippen LogP contribution in [0.4, 0.5) is 5.69 Å². The summed E-state index contributed by atoms with van der Waals surface area (Å²) in [7, 11) is -4.21. The molecule has 1 atom stereocenters. The molecular weight excluding hydrogens is 605 g/mol. The average molecular weight is 639 g/mol. The molecule has 2 amide bonds. The smallest absolute Gasteiger partial charge is 0.264 e. The van der Waals surface area contributed by atoms with E-state index in [2.05, 4.69) is 5.32 Å². The first-order valence-corrected chi connectivity index (χ1v) is 15.9. The van der Waals surface area contributed by atoms with E-state index in [1.807, 2.05) is 20.8 Å². The molecule has 7 nitrogen and oxygen atoms in total. The number of carbonyl (C=O) groups is 2. The molecule has 0 spiro atoms. The van der Waals surface area contributed by atoms with Crippen molar-refractivity contribution in [3.8, 4) is 0 Å². The Morgan fingerprint density at radius 1 is 0.902 bits per heavy atom. The highest BCUT2D eigenvalue weighted by Crippen LogP contribution is 2.31. The zero-order chi connectivity index (χ0) is 30.2. The van der Waals surface area contributed by atoms with Crippen LogP contribution in [0.5, 0.6) is 0 Å². The van der Waals surface area contributed by atoms with Crippen LogP contribution in [0.15, 0.2) is 71.6 Å². The topological polar surface area (TPSA) is 86.8 Å². The van der Waals surface area contributed by atoms with Crippen LogP contribution < -0.4 is 9.62 Å². The number of hydrogen-bond acceptors (Lipinski definition) is 4. The molecule has 0 aliphatic carbocycles. The molecule has 3 aromatic rings. The first-order chi connectivity index (χ1) is 19.5. The van der Waals surface area contributed by atoms with Gasteiger partial charge in [-0.1, -0.05) is 84.9 Å². The lowest BCUT2D eigenvalue weighted by molar-refractivity contribution is -0.140. The van der Waals surface area contributed by atoms with E-state index in [9.17, 15) is 18.0 Å². The third-order valence-corrected chi connectivity index (χ3v) is 9.34. The van der Waals surface area contributed by atoms with E-state index in [1.165, 1.54) is 35.2 Å². The highest BCUT2D eigenvalue weighted by molar-refractivity contribution is 7.92. The minimum atomic E-state index is -4.21. The highest BCUT2D eigenvalue weighted by atomic mass is 35.5. The lowest BCUT2D eigenvalue weighted by atomic mass is 10.1. The number of anilines is 1. The van der Waals surface area contributed by atoms with Crippen LogP contribution in [0.3, 0.4) is 0 Å². The van der Waals surface area contributed by atoms with E-state index in [1.54, 1.807) is 36.4 Å². The monoisotopic (exact) mass is 637 g/mol. The fourth-order valence-electron chi connectivity index (χ4n) is 4.22. The highest BCUT2D eigenvalue weighted by Gasteiger charge is 2.33. The first-order valence-electron chi connectivity index (χ1n) is 13.3. The Labute approximate surface area is 257 Å². The number of rotatable bonds is 13. The van der Waals surface area contributed by atoms with Gasteiger partial charge in [-0.2, -0.15) is 0 Å². The Morgan fingerprint density at radius 2 is 1.56 bits per heavy atom. The zero-order valence-electron chi connectivity index (χ0n) is 23.2. The van der Waals surface area contributed by atoms with Crippen molar-refractivity contribution < 1.29 is 18.0 Å². The van der Waals surface area contributed by atoms with Gasteiger partial charge in [-0.15, -0.1) is 0 Å². The summed E-state index contributed by atoms with van der Waals surface area (Å²) in [6, 6.07) is 16.8. The molecule has 0 aliphatic rings. The number of unbranched alkanes of at least 4 members (excludes halogenated alkanes) is 1. The second-order valence-corrected chi connectivity index (χ2v) is 12.8. The third kappa shape index (κ3) is 8.61. The Balaban J connectivity index is 2.05. The van der Waals surface area contributed by atoms with Gasteiger partial charge in [0.05, 0.1) is 20.6 Å². The predicted octanol–water partition coefficient (Wildman–Crippen LogP) is 6.87. The number of hydrogen-bond donors (Lipinski definition) is 1.